The molecule has 0 bridgehead atoms. The fourth-order valence-corrected chi connectivity index (χ4v) is 4.14. The number of benzene rings is 2. The number of methoxy groups -OCH3 is 1. The summed E-state index contributed by atoms with van der Waals surface area (Å²) in [5, 5.41) is 0. The van der Waals surface area contributed by atoms with Crippen LogP contribution < -0.4 is 4.74 Å². The van der Waals surface area contributed by atoms with Crippen molar-refractivity contribution in [2.24, 2.45) is 0 Å². The van der Waals surface area contributed by atoms with Gasteiger partial charge in [-0.25, -0.2) is 0 Å². The highest BCUT2D eigenvalue weighted by Crippen LogP contribution is 2.39. The van der Waals surface area contributed by atoms with Crippen LogP contribution in [0.2, 0.25) is 0 Å². The lowest BCUT2D eigenvalue weighted by molar-refractivity contribution is -0.133. The van der Waals surface area contributed by atoms with Crippen molar-refractivity contribution in [1.29, 1.82) is 0 Å². The lowest BCUT2D eigenvalue weighted by Gasteiger charge is -2.30. The summed E-state index contributed by atoms with van der Waals surface area (Å²) in [5.41, 5.74) is 2.25. The minimum atomic E-state index is 0.0828. The zero-order valence-corrected chi connectivity index (χ0v) is 14.6. The van der Waals surface area contributed by atoms with Crippen LogP contribution in [0.4, 0.5) is 0 Å². The number of carbonyl (C=O) groups is 1. The molecule has 2 aromatic carbocycles. The van der Waals surface area contributed by atoms with Gasteiger partial charge in [0.15, 0.2) is 0 Å². The SMILES string of the molecule is COc1ccc(CC(=O)N2CC3CCCN3C2c2ccccc2)cc1. The maximum atomic E-state index is 13.1. The van der Waals surface area contributed by atoms with Crippen LogP contribution in [0.1, 0.15) is 30.1 Å². The van der Waals surface area contributed by atoms with Crippen LogP contribution in [-0.4, -0.2) is 41.9 Å². The van der Waals surface area contributed by atoms with E-state index in [9.17, 15) is 4.79 Å². The Labute approximate surface area is 149 Å². The topological polar surface area (TPSA) is 32.8 Å². The fraction of sp³-hybridized carbons (Fsp3) is 0.381. The van der Waals surface area contributed by atoms with Crippen LogP contribution in [0.3, 0.4) is 0 Å². The molecule has 130 valence electrons. The first-order valence-corrected chi connectivity index (χ1v) is 8.99. The van der Waals surface area contributed by atoms with E-state index in [0.717, 1.165) is 24.4 Å². The zero-order chi connectivity index (χ0) is 17.2. The van der Waals surface area contributed by atoms with Gasteiger partial charge in [0.05, 0.1) is 13.5 Å². The van der Waals surface area contributed by atoms with Crippen molar-refractivity contribution < 1.29 is 9.53 Å². The first-order valence-electron chi connectivity index (χ1n) is 8.99. The van der Waals surface area contributed by atoms with Gasteiger partial charge in [-0.3, -0.25) is 9.69 Å². The van der Waals surface area contributed by atoms with E-state index in [2.05, 4.69) is 34.1 Å². The van der Waals surface area contributed by atoms with Gasteiger partial charge >= 0.3 is 0 Å². The molecule has 0 saturated carbocycles. The van der Waals surface area contributed by atoms with E-state index < -0.39 is 0 Å². The second-order valence-corrected chi connectivity index (χ2v) is 6.89. The number of nitrogens with zero attached hydrogens (tertiary/aromatic N) is 2. The Bertz CT molecular complexity index is 729. The molecule has 0 N–H and O–H groups in total. The Hall–Kier alpha value is -2.33. The molecule has 0 aromatic heterocycles. The molecule has 1 amide bonds. The van der Waals surface area contributed by atoms with Crippen LogP contribution in [-0.2, 0) is 11.2 Å². The molecule has 0 spiro atoms. The summed E-state index contributed by atoms with van der Waals surface area (Å²) in [4.78, 5) is 17.6. The summed E-state index contributed by atoms with van der Waals surface area (Å²) in [6, 6.07) is 18.7. The molecular formula is C21H24N2O2. The molecule has 2 fully saturated rings. The first kappa shape index (κ1) is 16.2. The van der Waals surface area contributed by atoms with Gasteiger partial charge in [-0.2, -0.15) is 0 Å². The van der Waals surface area contributed by atoms with E-state index in [1.807, 2.05) is 30.3 Å². The maximum absolute atomic E-state index is 13.1. The van der Waals surface area contributed by atoms with Crippen molar-refractivity contribution in [3.63, 3.8) is 0 Å². The molecule has 2 aromatic rings. The molecule has 0 aliphatic carbocycles. The van der Waals surface area contributed by atoms with Gasteiger partial charge in [-0.05, 0) is 36.1 Å². The Morgan fingerprint density at radius 3 is 2.60 bits per heavy atom. The highest BCUT2D eigenvalue weighted by molar-refractivity contribution is 5.79. The van der Waals surface area contributed by atoms with E-state index in [0.29, 0.717) is 12.5 Å². The molecule has 2 atom stereocenters. The Morgan fingerprint density at radius 1 is 1.12 bits per heavy atom. The second-order valence-electron chi connectivity index (χ2n) is 6.89. The maximum Gasteiger partial charge on any atom is 0.228 e. The number of rotatable bonds is 4. The number of hydrogen-bond acceptors (Lipinski definition) is 3. The molecule has 2 aliphatic heterocycles. The standard InChI is InChI=1S/C21H24N2O2/c1-25-19-11-9-16(10-12-19)14-20(24)23-15-18-8-5-13-22(18)21(23)17-6-3-2-4-7-17/h2-4,6-7,9-12,18,21H,5,8,13-15H2,1H3. The molecule has 4 heteroatoms. The summed E-state index contributed by atoms with van der Waals surface area (Å²) in [5.74, 6) is 1.02. The fourth-order valence-electron chi connectivity index (χ4n) is 4.14. The molecule has 2 aliphatic rings. The lowest BCUT2D eigenvalue weighted by atomic mass is 10.1. The molecule has 25 heavy (non-hydrogen) atoms. The van der Waals surface area contributed by atoms with Crippen molar-refractivity contribution >= 4 is 5.91 Å². The van der Waals surface area contributed by atoms with E-state index in [1.54, 1.807) is 7.11 Å². The normalized spacial score (nSPS) is 22.8. The zero-order valence-electron chi connectivity index (χ0n) is 14.6. The summed E-state index contributed by atoms with van der Waals surface area (Å²) in [6.07, 6.45) is 2.94. The summed E-state index contributed by atoms with van der Waals surface area (Å²) in [6.45, 7) is 1.92. The Morgan fingerprint density at radius 2 is 1.88 bits per heavy atom. The minimum absolute atomic E-state index is 0.0828. The van der Waals surface area contributed by atoms with Crippen LogP contribution in [0.15, 0.2) is 54.6 Å². The number of amides is 1. The van der Waals surface area contributed by atoms with E-state index in [1.165, 1.54) is 18.4 Å². The highest BCUT2D eigenvalue weighted by atomic mass is 16.5. The van der Waals surface area contributed by atoms with Crippen molar-refractivity contribution in [3.05, 3.63) is 65.7 Å². The Kier molecular flexibility index (Phi) is 4.45. The predicted molar refractivity (Wildman–Crippen MR) is 97.3 cm³/mol. The van der Waals surface area contributed by atoms with Gasteiger partial charge in [-0.1, -0.05) is 42.5 Å². The van der Waals surface area contributed by atoms with Gasteiger partial charge in [0.25, 0.3) is 0 Å². The van der Waals surface area contributed by atoms with Crippen molar-refractivity contribution in [2.75, 3.05) is 20.2 Å². The Balaban J connectivity index is 1.55. The van der Waals surface area contributed by atoms with Crippen LogP contribution in [0.5, 0.6) is 5.75 Å². The molecule has 2 unspecified atom stereocenters. The monoisotopic (exact) mass is 336 g/mol. The third-order valence-corrected chi connectivity index (χ3v) is 5.37. The molecule has 4 nitrogen and oxygen atoms in total. The average molecular weight is 336 g/mol. The quantitative estimate of drug-likeness (QED) is 0.859. The summed E-state index contributed by atoms with van der Waals surface area (Å²) < 4.78 is 5.20. The largest absolute Gasteiger partial charge is 0.497 e. The first-order chi connectivity index (χ1) is 12.3. The van der Waals surface area contributed by atoms with Crippen molar-refractivity contribution in [3.8, 4) is 5.75 Å². The molecule has 4 rings (SSSR count). The average Bonchev–Trinajstić information content (AvgIpc) is 3.24. The third-order valence-electron chi connectivity index (χ3n) is 5.37. The second kappa shape index (κ2) is 6.89. The van der Waals surface area contributed by atoms with E-state index in [-0.39, 0.29) is 12.1 Å². The number of fused-ring (bicyclic) bond motifs is 1. The predicted octanol–water partition coefficient (Wildman–Crippen LogP) is 3.24. The van der Waals surface area contributed by atoms with Crippen molar-refractivity contribution in [1.82, 2.24) is 9.80 Å². The molecule has 2 heterocycles. The molecular weight excluding hydrogens is 312 g/mol. The highest BCUT2D eigenvalue weighted by Gasteiger charge is 2.44. The van der Waals surface area contributed by atoms with Gasteiger partial charge in [0.2, 0.25) is 5.91 Å². The van der Waals surface area contributed by atoms with Crippen LogP contribution in [0.25, 0.3) is 0 Å². The number of hydrogen-bond donors (Lipinski definition) is 0. The van der Waals surface area contributed by atoms with Crippen LogP contribution >= 0.6 is 0 Å². The van der Waals surface area contributed by atoms with Gasteiger partial charge < -0.3 is 9.64 Å². The molecule has 2 saturated heterocycles. The van der Waals surface area contributed by atoms with E-state index in [4.69, 9.17) is 4.74 Å². The summed E-state index contributed by atoms with van der Waals surface area (Å²) in [7, 11) is 1.65. The number of carbonyl (C=O) groups excluding carboxylic acids is 1. The number of ether oxygens (including phenoxy) is 1. The third kappa shape index (κ3) is 3.14. The minimum Gasteiger partial charge on any atom is -0.497 e. The molecule has 0 radical (unpaired) electrons. The lowest BCUT2D eigenvalue weighted by Crippen LogP contribution is -2.36. The van der Waals surface area contributed by atoms with Gasteiger partial charge in [0, 0.05) is 19.1 Å². The van der Waals surface area contributed by atoms with Crippen molar-refractivity contribution in [2.45, 2.75) is 31.5 Å². The van der Waals surface area contributed by atoms with E-state index >= 15 is 0 Å². The van der Waals surface area contributed by atoms with Crippen LogP contribution in [0, 0.1) is 0 Å². The summed E-state index contributed by atoms with van der Waals surface area (Å²) >= 11 is 0. The van der Waals surface area contributed by atoms with Gasteiger partial charge in [0.1, 0.15) is 11.9 Å². The van der Waals surface area contributed by atoms with Gasteiger partial charge in [-0.15, -0.1) is 0 Å². The smallest absolute Gasteiger partial charge is 0.228 e.